The predicted molar refractivity (Wildman–Crippen MR) is 255 cm³/mol. The second-order valence-corrected chi connectivity index (χ2v) is 16.3. The van der Waals surface area contributed by atoms with Crippen LogP contribution in [0.1, 0.15) is 23.9 Å². The molecule has 0 fully saturated rings. The van der Waals surface area contributed by atoms with Gasteiger partial charge in [-0.3, -0.25) is 0 Å². The van der Waals surface area contributed by atoms with Crippen molar-refractivity contribution in [2.45, 2.75) is 24.4 Å². The molecule has 3 unspecified atom stereocenters. The SMILES string of the molecule is C1=CCC(n2c3ccccc3c3cc(-c4ccc5c(c4)C4C=CC=CC4N5c4nc(-c5ccccc5)nc(-c5cccc(-c6ccc(-c7ccccc7)cc6)c5)n4)ccc32)C=C1. The molecule has 2 aliphatic carbocycles. The van der Waals surface area contributed by atoms with Gasteiger partial charge in [0.25, 0.3) is 0 Å². The Balaban J connectivity index is 0.946. The fourth-order valence-corrected chi connectivity index (χ4v) is 9.69. The number of nitrogens with zero attached hydrogens (tertiary/aromatic N) is 5. The van der Waals surface area contributed by atoms with Crippen molar-refractivity contribution in [3.05, 3.63) is 224 Å². The molecule has 0 spiro atoms. The number of anilines is 2. The first-order chi connectivity index (χ1) is 30.7. The molecule has 2 aromatic heterocycles. The zero-order valence-electron chi connectivity index (χ0n) is 34.0. The molecule has 7 aromatic carbocycles. The average Bonchev–Trinajstić information content (AvgIpc) is 3.87. The lowest BCUT2D eigenvalue weighted by Gasteiger charge is -2.27. The van der Waals surface area contributed by atoms with E-state index in [0.29, 0.717) is 23.6 Å². The summed E-state index contributed by atoms with van der Waals surface area (Å²) in [5.41, 5.74) is 13.8. The van der Waals surface area contributed by atoms with Crippen LogP contribution in [0.4, 0.5) is 11.6 Å². The van der Waals surface area contributed by atoms with Gasteiger partial charge in [0, 0.05) is 44.5 Å². The molecule has 9 aromatic rings. The summed E-state index contributed by atoms with van der Waals surface area (Å²) in [6.07, 6.45) is 18.8. The maximum absolute atomic E-state index is 5.31. The second kappa shape index (κ2) is 15.0. The molecule has 5 heteroatoms. The first-order valence-electron chi connectivity index (χ1n) is 21.5. The molecule has 0 N–H and O–H groups in total. The Morgan fingerprint density at radius 1 is 0.419 bits per heavy atom. The summed E-state index contributed by atoms with van der Waals surface area (Å²) in [4.78, 5) is 18.0. The molecule has 3 aliphatic rings. The number of benzene rings is 7. The molecule has 3 atom stereocenters. The second-order valence-electron chi connectivity index (χ2n) is 16.3. The Hall–Kier alpha value is -7.89. The summed E-state index contributed by atoms with van der Waals surface area (Å²) in [5, 5.41) is 2.56. The third kappa shape index (κ3) is 6.21. The molecule has 0 amide bonds. The van der Waals surface area contributed by atoms with Crippen LogP contribution >= 0.6 is 0 Å². The van der Waals surface area contributed by atoms with Gasteiger partial charge in [0.1, 0.15) is 0 Å². The van der Waals surface area contributed by atoms with E-state index in [-0.39, 0.29) is 12.0 Å². The Kier molecular flexibility index (Phi) is 8.70. The molecular formula is C57H41N5. The number of hydrogen-bond donors (Lipinski definition) is 0. The third-order valence-corrected chi connectivity index (χ3v) is 12.7. The van der Waals surface area contributed by atoms with Crippen LogP contribution in [0.25, 0.3) is 78.0 Å². The summed E-state index contributed by atoms with van der Waals surface area (Å²) < 4.78 is 2.50. The topological polar surface area (TPSA) is 46.8 Å². The molecule has 5 nitrogen and oxygen atoms in total. The van der Waals surface area contributed by atoms with Gasteiger partial charge in [-0.2, -0.15) is 9.97 Å². The summed E-state index contributed by atoms with van der Waals surface area (Å²) in [6.45, 7) is 0. The summed E-state index contributed by atoms with van der Waals surface area (Å²) >= 11 is 0. The monoisotopic (exact) mass is 795 g/mol. The largest absolute Gasteiger partial charge is 0.333 e. The van der Waals surface area contributed by atoms with Crippen LogP contribution in [0, 0.1) is 0 Å². The van der Waals surface area contributed by atoms with Crippen molar-refractivity contribution in [3.8, 4) is 56.2 Å². The van der Waals surface area contributed by atoms with Gasteiger partial charge in [-0.1, -0.05) is 182 Å². The highest BCUT2D eigenvalue weighted by Crippen LogP contribution is 2.49. The van der Waals surface area contributed by atoms with Gasteiger partial charge in [-0.05, 0) is 81.8 Å². The van der Waals surface area contributed by atoms with E-state index >= 15 is 0 Å². The standard InChI is InChI=1S/C57H41N5/c1-4-15-38(16-5-1)39-27-29-40(30-28-39)42-19-14-20-45(35-42)56-58-55(41-17-6-2-7-18-41)59-57(60-56)62-52-26-13-11-24-48(52)50-37-44(32-34-54(50)62)43-31-33-53-49(36-43)47-23-10-12-25-51(47)61(53)46-21-8-3-9-22-46/h1-21,23-37,46,48,52H,22H2. The smallest absolute Gasteiger partial charge is 0.234 e. The number of aromatic nitrogens is 4. The average molecular weight is 796 g/mol. The van der Waals surface area contributed by atoms with Crippen molar-refractivity contribution in [1.29, 1.82) is 0 Å². The lowest BCUT2D eigenvalue weighted by atomic mass is 9.89. The molecule has 62 heavy (non-hydrogen) atoms. The van der Waals surface area contributed by atoms with E-state index in [1.165, 1.54) is 49.6 Å². The van der Waals surface area contributed by atoms with E-state index in [1.54, 1.807) is 0 Å². The van der Waals surface area contributed by atoms with Crippen LogP contribution in [0.3, 0.4) is 0 Å². The first kappa shape index (κ1) is 36.0. The van der Waals surface area contributed by atoms with Crippen molar-refractivity contribution in [3.63, 3.8) is 0 Å². The van der Waals surface area contributed by atoms with Gasteiger partial charge in [-0.15, -0.1) is 0 Å². The number of hydrogen-bond acceptors (Lipinski definition) is 4. The number of fused-ring (bicyclic) bond motifs is 6. The summed E-state index contributed by atoms with van der Waals surface area (Å²) in [7, 11) is 0. The molecule has 294 valence electrons. The van der Waals surface area contributed by atoms with Crippen molar-refractivity contribution >= 4 is 33.4 Å². The minimum Gasteiger partial charge on any atom is -0.333 e. The van der Waals surface area contributed by atoms with Crippen LogP contribution in [-0.2, 0) is 0 Å². The van der Waals surface area contributed by atoms with E-state index < -0.39 is 0 Å². The van der Waals surface area contributed by atoms with Gasteiger partial charge < -0.3 is 9.47 Å². The maximum Gasteiger partial charge on any atom is 0.234 e. The van der Waals surface area contributed by atoms with Gasteiger partial charge >= 0.3 is 0 Å². The minimum atomic E-state index is 0.0108. The highest BCUT2D eigenvalue weighted by Gasteiger charge is 2.39. The Bertz CT molecular complexity index is 3280. The quantitative estimate of drug-likeness (QED) is 0.161. The van der Waals surface area contributed by atoms with Crippen LogP contribution < -0.4 is 4.90 Å². The van der Waals surface area contributed by atoms with E-state index in [1.807, 2.05) is 18.2 Å². The van der Waals surface area contributed by atoms with E-state index in [0.717, 1.165) is 34.4 Å². The lowest BCUT2D eigenvalue weighted by molar-refractivity contribution is 0.648. The van der Waals surface area contributed by atoms with Crippen LogP contribution in [-0.4, -0.2) is 25.6 Å². The lowest BCUT2D eigenvalue weighted by Crippen LogP contribution is -2.30. The van der Waals surface area contributed by atoms with E-state index in [2.05, 4.69) is 210 Å². The normalized spacial score (nSPS) is 17.5. The zero-order valence-corrected chi connectivity index (χ0v) is 34.0. The van der Waals surface area contributed by atoms with Gasteiger partial charge in [0.2, 0.25) is 5.95 Å². The van der Waals surface area contributed by atoms with Crippen LogP contribution in [0.5, 0.6) is 0 Å². The Labute approximate surface area is 361 Å². The minimum absolute atomic E-state index is 0.0108. The number of rotatable bonds is 7. The number of para-hydroxylation sites is 1. The highest BCUT2D eigenvalue weighted by atomic mass is 15.3. The van der Waals surface area contributed by atoms with Crippen LogP contribution in [0.2, 0.25) is 0 Å². The van der Waals surface area contributed by atoms with Crippen molar-refractivity contribution in [2.24, 2.45) is 0 Å². The fraction of sp³-hybridized carbons (Fsp3) is 0.0702. The van der Waals surface area contributed by atoms with Gasteiger partial charge in [0.15, 0.2) is 11.6 Å². The zero-order chi connectivity index (χ0) is 41.0. The van der Waals surface area contributed by atoms with Crippen LogP contribution in [0.15, 0.2) is 218 Å². The first-order valence-corrected chi connectivity index (χ1v) is 21.5. The van der Waals surface area contributed by atoms with E-state index in [4.69, 9.17) is 15.0 Å². The third-order valence-electron chi connectivity index (χ3n) is 12.7. The van der Waals surface area contributed by atoms with Crippen molar-refractivity contribution in [1.82, 2.24) is 19.5 Å². The van der Waals surface area contributed by atoms with Crippen molar-refractivity contribution < 1.29 is 0 Å². The van der Waals surface area contributed by atoms with E-state index in [9.17, 15) is 0 Å². The number of allylic oxidation sites excluding steroid dienone is 6. The Morgan fingerprint density at radius 3 is 1.82 bits per heavy atom. The summed E-state index contributed by atoms with van der Waals surface area (Å²) in [5.74, 6) is 2.05. The van der Waals surface area contributed by atoms with Gasteiger partial charge in [-0.25, -0.2) is 4.98 Å². The molecule has 0 saturated heterocycles. The Morgan fingerprint density at radius 2 is 1.02 bits per heavy atom. The van der Waals surface area contributed by atoms with Crippen molar-refractivity contribution in [2.75, 3.05) is 4.90 Å². The highest BCUT2D eigenvalue weighted by molar-refractivity contribution is 6.09. The molecule has 3 heterocycles. The maximum atomic E-state index is 5.31. The van der Waals surface area contributed by atoms with Gasteiger partial charge in [0.05, 0.1) is 12.1 Å². The molecule has 1 aliphatic heterocycles. The fourth-order valence-electron chi connectivity index (χ4n) is 9.69. The molecule has 0 bridgehead atoms. The predicted octanol–water partition coefficient (Wildman–Crippen LogP) is 14.1. The molecule has 0 saturated carbocycles. The molecule has 0 radical (unpaired) electrons. The summed E-state index contributed by atoms with van der Waals surface area (Å²) in [6, 6.07) is 61.1. The molecule has 12 rings (SSSR count). The molecular weight excluding hydrogens is 755 g/mol.